The van der Waals surface area contributed by atoms with Crippen molar-refractivity contribution >= 4 is 18.3 Å². The van der Waals surface area contributed by atoms with Gasteiger partial charge in [0.1, 0.15) is 29.8 Å². The average Bonchev–Trinajstić information content (AvgIpc) is 2.82. The summed E-state index contributed by atoms with van der Waals surface area (Å²) >= 11 is 0. The van der Waals surface area contributed by atoms with Crippen LogP contribution in [0.2, 0.25) is 0 Å². The van der Waals surface area contributed by atoms with Gasteiger partial charge < -0.3 is 30.7 Å². The fourth-order valence-corrected chi connectivity index (χ4v) is 3.02. The summed E-state index contributed by atoms with van der Waals surface area (Å²) in [5, 5.41) is 23.0. The first kappa shape index (κ1) is 26.1. The van der Waals surface area contributed by atoms with Crippen molar-refractivity contribution in [2.45, 2.75) is 18.6 Å². The molecular formula is C24H28ClN3O5. The number of hydrogen-bond acceptors (Lipinski definition) is 7. The maximum Gasteiger partial charge on any atom is 0.254 e. The number of para-hydroxylation sites is 1. The Balaban J connectivity index is 0.00000385. The molecule has 0 saturated heterocycles. The lowest BCUT2D eigenvalue weighted by atomic mass is 10.1. The van der Waals surface area contributed by atoms with Crippen molar-refractivity contribution in [1.29, 1.82) is 0 Å². The predicted octanol–water partition coefficient (Wildman–Crippen LogP) is 2.33. The topological polar surface area (TPSA) is 127 Å². The predicted molar refractivity (Wildman–Crippen MR) is 127 cm³/mol. The summed E-state index contributed by atoms with van der Waals surface area (Å²) in [5.41, 5.74) is 6.52. The maximum atomic E-state index is 11.5. The van der Waals surface area contributed by atoms with Gasteiger partial charge in [0.25, 0.3) is 5.91 Å². The Kier molecular flexibility index (Phi) is 10.6. The lowest BCUT2D eigenvalue weighted by molar-refractivity contribution is 0.0994. The van der Waals surface area contributed by atoms with Gasteiger partial charge in [-0.3, -0.25) is 4.79 Å². The van der Waals surface area contributed by atoms with Gasteiger partial charge in [0.15, 0.2) is 0 Å². The molecular weight excluding hydrogens is 446 g/mol. The summed E-state index contributed by atoms with van der Waals surface area (Å²) in [6.45, 7) is 0.358. The van der Waals surface area contributed by atoms with Gasteiger partial charge in [0.2, 0.25) is 5.88 Å². The van der Waals surface area contributed by atoms with Gasteiger partial charge in [-0.15, -0.1) is 12.4 Å². The summed E-state index contributed by atoms with van der Waals surface area (Å²) in [5.74, 6) is 0.741. The quantitative estimate of drug-likeness (QED) is 0.318. The minimum Gasteiger partial charge on any atom is -0.491 e. The Morgan fingerprint density at radius 1 is 1.03 bits per heavy atom. The molecule has 9 heteroatoms. The van der Waals surface area contributed by atoms with E-state index in [1.54, 1.807) is 24.3 Å². The second-order valence-electron chi connectivity index (χ2n) is 7.24. The number of primary amides is 1. The first-order chi connectivity index (χ1) is 15.5. The van der Waals surface area contributed by atoms with Crippen LogP contribution in [0.25, 0.3) is 0 Å². The molecule has 0 spiro atoms. The monoisotopic (exact) mass is 473 g/mol. The molecule has 2 atom stereocenters. The van der Waals surface area contributed by atoms with Crippen molar-refractivity contribution in [1.82, 2.24) is 10.3 Å². The molecule has 1 amide bonds. The molecule has 3 rings (SSSR count). The van der Waals surface area contributed by atoms with Gasteiger partial charge >= 0.3 is 0 Å². The SMILES string of the molecule is Cl.NC(=O)c1cccnc1Oc1ccc(C[C@@H](CO)NCC(O)COc2ccccc2)cc1. The summed E-state index contributed by atoms with van der Waals surface area (Å²) < 4.78 is 11.2. The lowest BCUT2D eigenvalue weighted by Gasteiger charge is -2.19. The number of carbonyl (C=O) groups excluding carboxylic acids is 1. The molecule has 0 fully saturated rings. The number of pyridine rings is 1. The zero-order valence-electron chi connectivity index (χ0n) is 18.0. The minimum atomic E-state index is -0.710. The van der Waals surface area contributed by atoms with E-state index in [2.05, 4.69) is 10.3 Å². The number of rotatable bonds is 12. The Bertz CT molecular complexity index is 989. The summed E-state index contributed by atoms with van der Waals surface area (Å²) in [4.78, 5) is 15.5. The molecule has 5 N–H and O–H groups in total. The van der Waals surface area contributed by atoms with E-state index in [1.807, 2.05) is 42.5 Å². The van der Waals surface area contributed by atoms with Crippen LogP contribution >= 0.6 is 12.4 Å². The molecule has 0 aliphatic rings. The largest absolute Gasteiger partial charge is 0.491 e. The van der Waals surface area contributed by atoms with Crippen LogP contribution in [0.1, 0.15) is 15.9 Å². The second kappa shape index (κ2) is 13.4. The highest BCUT2D eigenvalue weighted by Gasteiger charge is 2.13. The number of halogens is 1. The Morgan fingerprint density at radius 2 is 1.76 bits per heavy atom. The van der Waals surface area contributed by atoms with E-state index in [0.717, 1.165) is 5.56 Å². The standard InChI is InChI=1S/C24H27N3O5.ClH/c25-23(30)22-7-4-12-26-24(22)32-21-10-8-17(9-11-21)13-18(15-28)27-14-19(29)16-31-20-5-2-1-3-6-20;/h1-12,18-19,27-29H,13-16H2,(H2,25,30);1H/t18-,19?;/m0./s1. The molecule has 2 aromatic carbocycles. The molecule has 1 unspecified atom stereocenters. The normalized spacial score (nSPS) is 12.3. The van der Waals surface area contributed by atoms with Gasteiger partial charge in [-0.05, 0) is 48.4 Å². The maximum absolute atomic E-state index is 11.5. The van der Waals surface area contributed by atoms with Crippen LogP contribution in [0.5, 0.6) is 17.4 Å². The summed E-state index contributed by atoms with van der Waals surface area (Å²) in [6.07, 6.45) is 1.37. The third kappa shape index (κ3) is 8.36. The third-order valence-electron chi connectivity index (χ3n) is 4.70. The fraction of sp³-hybridized carbons (Fsp3) is 0.250. The van der Waals surface area contributed by atoms with Crippen LogP contribution < -0.4 is 20.5 Å². The van der Waals surface area contributed by atoms with E-state index in [-0.39, 0.29) is 49.7 Å². The van der Waals surface area contributed by atoms with Crippen LogP contribution in [-0.2, 0) is 6.42 Å². The van der Waals surface area contributed by atoms with E-state index in [4.69, 9.17) is 15.2 Å². The average molecular weight is 474 g/mol. The highest BCUT2D eigenvalue weighted by atomic mass is 35.5. The molecule has 8 nitrogen and oxygen atoms in total. The molecule has 3 aromatic rings. The smallest absolute Gasteiger partial charge is 0.254 e. The number of nitrogens with one attached hydrogen (secondary N) is 1. The van der Waals surface area contributed by atoms with Crippen molar-refractivity contribution in [3.63, 3.8) is 0 Å². The number of aliphatic hydroxyl groups is 2. The number of amides is 1. The first-order valence-corrected chi connectivity index (χ1v) is 10.3. The van der Waals surface area contributed by atoms with Gasteiger partial charge in [-0.2, -0.15) is 0 Å². The second-order valence-corrected chi connectivity index (χ2v) is 7.24. The lowest BCUT2D eigenvalue weighted by Crippen LogP contribution is -2.41. The number of aromatic nitrogens is 1. The number of nitrogens with two attached hydrogens (primary N) is 1. The molecule has 0 bridgehead atoms. The highest BCUT2D eigenvalue weighted by molar-refractivity contribution is 5.95. The van der Waals surface area contributed by atoms with Gasteiger partial charge in [-0.25, -0.2) is 4.98 Å². The zero-order chi connectivity index (χ0) is 22.8. The van der Waals surface area contributed by atoms with Crippen LogP contribution in [0.3, 0.4) is 0 Å². The Labute approximate surface area is 198 Å². The van der Waals surface area contributed by atoms with Crippen molar-refractivity contribution in [2.24, 2.45) is 5.73 Å². The molecule has 0 aliphatic heterocycles. The van der Waals surface area contributed by atoms with Crippen LogP contribution in [0.15, 0.2) is 72.9 Å². The van der Waals surface area contributed by atoms with Crippen LogP contribution in [0, 0.1) is 0 Å². The number of nitrogens with zero attached hydrogens (tertiary/aromatic N) is 1. The summed E-state index contributed by atoms with van der Waals surface area (Å²) in [7, 11) is 0. The molecule has 1 heterocycles. The number of hydrogen-bond donors (Lipinski definition) is 4. The van der Waals surface area contributed by atoms with Crippen LogP contribution in [-0.4, -0.2) is 53.0 Å². The minimum absolute atomic E-state index is 0. The third-order valence-corrected chi connectivity index (χ3v) is 4.70. The number of carbonyl (C=O) groups is 1. The van der Waals surface area contributed by atoms with E-state index < -0.39 is 12.0 Å². The van der Waals surface area contributed by atoms with E-state index in [9.17, 15) is 15.0 Å². The highest BCUT2D eigenvalue weighted by Crippen LogP contribution is 2.23. The molecule has 1 aromatic heterocycles. The zero-order valence-corrected chi connectivity index (χ0v) is 18.8. The number of aliphatic hydroxyl groups excluding tert-OH is 2. The fourth-order valence-electron chi connectivity index (χ4n) is 3.02. The number of ether oxygens (including phenoxy) is 2. The number of benzene rings is 2. The van der Waals surface area contributed by atoms with Crippen molar-refractivity contribution in [3.05, 3.63) is 84.1 Å². The van der Waals surface area contributed by atoms with Crippen molar-refractivity contribution < 1.29 is 24.5 Å². The molecule has 176 valence electrons. The molecule has 0 saturated carbocycles. The molecule has 0 radical (unpaired) electrons. The van der Waals surface area contributed by atoms with E-state index in [0.29, 0.717) is 17.9 Å². The van der Waals surface area contributed by atoms with Crippen LogP contribution in [0.4, 0.5) is 0 Å². The Morgan fingerprint density at radius 3 is 2.42 bits per heavy atom. The summed E-state index contributed by atoms with van der Waals surface area (Å²) in [6, 6.07) is 19.5. The first-order valence-electron chi connectivity index (χ1n) is 10.3. The van der Waals surface area contributed by atoms with Gasteiger partial charge in [-0.1, -0.05) is 30.3 Å². The van der Waals surface area contributed by atoms with Crippen molar-refractivity contribution in [2.75, 3.05) is 19.8 Å². The van der Waals surface area contributed by atoms with Gasteiger partial charge in [0, 0.05) is 18.8 Å². The van der Waals surface area contributed by atoms with E-state index in [1.165, 1.54) is 6.20 Å². The molecule has 33 heavy (non-hydrogen) atoms. The molecule has 0 aliphatic carbocycles. The van der Waals surface area contributed by atoms with E-state index >= 15 is 0 Å². The Hall–Kier alpha value is -3.17. The van der Waals surface area contributed by atoms with Gasteiger partial charge in [0.05, 0.1) is 6.61 Å². The van der Waals surface area contributed by atoms with Crippen molar-refractivity contribution in [3.8, 4) is 17.4 Å².